The van der Waals surface area contributed by atoms with Crippen LogP contribution in [0.5, 0.6) is 0 Å². The molecule has 0 aliphatic carbocycles. The molecule has 2 amide bonds. The minimum Gasteiger partial charge on any atom is -0.443 e. The number of nitrogens with zero attached hydrogens (tertiary/aromatic N) is 1. The average Bonchev–Trinajstić information content (AvgIpc) is 2.63. The van der Waals surface area contributed by atoms with Gasteiger partial charge in [-0.25, -0.2) is 14.5 Å². The molecule has 0 spiro atoms. The molecule has 160 valence electrons. The van der Waals surface area contributed by atoms with Crippen molar-refractivity contribution >= 4 is 18.3 Å². The second kappa shape index (κ2) is 9.61. The van der Waals surface area contributed by atoms with Crippen LogP contribution in [-0.2, 0) is 9.47 Å². The highest BCUT2D eigenvalue weighted by atomic mass is 16.6. The van der Waals surface area contributed by atoms with Crippen LogP contribution in [0.4, 0.5) is 9.59 Å². The zero-order valence-electron chi connectivity index (χ0n) is 18.6. The summed E-state index contributed by atoms with van der Waals surface area (Å²) in [6.07, 6.45) is 2.18. The van der Waals surface area contributed by atoms with Crippen LogP contribution < -0.4 is 0 Å². The third-order valence-corrected chi connectivity index (χ3v) is 3.86. The lowest BCUT2D eigenvalue weighted by atomic mass is 9.99. The fourth-order valence-electron chi connectivity index (χ4n) is 2.67. The fraction of sp³-hybridized carbons (Fsp3) is 0.360. The molecule has 0 fully saturated rings. The maximum absolute atomic E-state index is 12.6. The molecule has 0 saturated carbocycles. The summed E-state index contributed by atoms with van der Waals surface area (Å²) in [5, 5.41) is 0. The third kappa shape index (κ3) is 7.39. The second-order valence-corrected chi connectivity index (χ2v) is 8.93. The van der Waals surface area contributed by atoms with E-state index in [1.165, 1.54) is 0 Å². The van der Waals surface area contributed by atoms with E-state index in [9.17, 15) is 9.59 Å². The van der Waals surface area contributed by atoms with E-state index in [0.717, 1.165) is 21.6 Å². The summed E-state index contributed by atoms with van der Waals surface area (Å²) in [6.45, 7) is 10.6. The predicted octanol–water partition coefficient (Wildman–Crippen LogP) is 6.54. The Morgan fingerprint density at radius 1 is 0.800 bits per heavy atom. The summed E-state index contributed by atoms with van der Waals surface area (Å²) in [4.78, 5) is 26.1. The first-order valence-corrected chi connectivity index (χ1v) is 10.0. The van der Waals surface area contributed by atoms with Crippen LogP contribution >= 0.6 is 0 Å². The molecule has 30 heavy (non-hydrogen) atoms. The van der Waals surface area contributed by atoms with E-state index in [4.69, 9.17) is 9.47 Å². The summed E-state index contributed by atoms with van der Waals surface area (Å²) < 4.78 is 10.8. The van der Waals surface area contributed by atoms with Gasteiger partial charge in [-0.3, -0.25) is 0 Å². The normalized spacial score (nSPS) is 11.9. The maximum Gasteiger partial charge on any atom is 0.420 e. The zero-order valence-corrected chi connectivity index (χ0v) is 18.6. The van der Waals surface area contributed by atoms with Crippen LogP contribution in [0.25, 0.3) is 17.2 Å². The van der Waals surface area contributed by atoms with Crippen molar-refractivity contribution in [1.29, 1.82) is 0 Å². The molecular formula is C25H31NO4. The molecule has 0 saturated heterocycles. The molecule has 0 heterocycles. The Balaban J connectivity index is 2.24. The number of rotatable bonds is 4. The number of hydrogen-bond acceptors (Lipinski definition) is 4. The Hall–Kier alpha value is -3.08. The number of carbonyl (C=O) groups excluding carboxylic acids is 2. The number of carbonyl (C=O) groups is 2. The molecule has 0 aromatic heterocycles. The Labute approximate surface area is 179 Å². The quantitative estimate of drug-likeness (QED) is 0.575. The van der Waals surface area contributed by atoms with Gasteiger partial charge in [0.15, 0.2) is 0 Å². The SMILES string of the molecule is CC(C)(C)OC(=O)N(C/C=C/c1ccccc1-c1ccccc1)C(=O)OC(C)(C)C. The van der Waals surface area contributed by atoms with E-state index in [1.54, 1.807) is 47.6 Å². The third-order valence-electron chi connectivity index (χ3n) is 3.86. The van der Waals surface area contributed by atoms with Gasteiger partial charge in [-0.1, -0.05) is 66.7 Å². The molecule has 0 unspecified atom stereocenters. The Kier molecular flexibility index (Phi) is 7.43. The first-order chi connectivity index (χ1) is 14.0. The lowest BCUT2D eigenvalue weighted by Crippen LogP contribution is -2.43. The number of amides is 2. The smallest absolute Gasteiger partial charge is 0.420 e. The van der Waals surface area contributed by atoms with Gasteiger partial charge in [0.2, 0.25) is 0 Å². The van der Waals surface area contributed by atoms with Gasteiger partial charge in [0, 0.05) is 0 Å². The molecular weight excluding hydrogens is 378 g/mol. The molecule has 0 bridgehead atoms. The predicted molar refractivity (Wildman–Crippen MR) is 120 cm³/mol. The molecule has 0 radical (unpaired) electrons. The highest BCUT2D eigenvalue weighted by molar-refractivity contribution is 5.88. The summed E-state index contributed by atoms with van der Waals surface area (Å²) in [6, 6.07) is 18.0. The molecule has 0 atom stereocenters. The van der Waals surface area contributed by atoms with Crippen molar-refractivity contribution < 1.29 is 19.1 Å². The van der Waals surface area contributed by atoms with Gasteiger partial charge in [0.05, 0.1) is 6.54 Å². The van der Waals surface area contributed by atoms with Gasteiger partial charge in [-0.05, 0) is 58.2 Å². The average molecular weight is 410 g/mol. The van der Waals surface area contributed by atoms with Crippen molar-refractivity contribution in [1.82, 2.24) is 4.90 Å². The monoisotopic (exact) mass is 409 g/mol. The highest BCUT2D eigenvalue weighted by Crippen LogP contribution is 2.24. The van der Waals surface area contributed by atoms with Gasteiger partial charge in [-0.15, -0.1) is 0 Å². The zero-order chi connectivity index (χ0) is 22.4. The van der Waals surface area contributed by atoms with Crippen LogP contribution in [0.2, 0.25) is 0 Å². The van der Waals surface area contributed by atoms with Crippen LogP contribution in [0.15, 0.2) is 60.7 Å². The Morgan fingerprint density at radius 3 is 1.83 bits per heavy atom. The van der Waals surface area contributed by atoms with E-state index in [2.05, 4.69) is 0 Å². The van der Waals surface area contributed by atoms with Crippen molar-refractivity contribution in [3.8, 4) is 11.1 Å². The van der Waals surface area contributed by atoms with Gasteiger partial charge in [0.1, 0.15) is 11.2 Å². The van der Waals surface area contributed by atoms with Gasteiger partial charge in [0.25, 0.3) is 0 Å². The number of imide groups is 1. The van der Waals surface area contributed by atoms with Crippen LogP contribution in [-0.4, -0.2) is 34.8 Å². The Bertz CT molecular complexity index is 861. The second-order valence-electron chi connectivity index (χ2n) is 8.93. The van der Waals surface area contributed by atoms with Crippen molar-refractivity contribution in [3.63, 3.8) is 0 Å². The number of benzene rings is 2. The molecule has 2 aromatic carbocycles. The highest BCUT2D eigenvalue weighted by Gasteiger charge is 2.30. The first kappa shape index (κ1) is 23.2. The van der Waals surface area contributed by atoms with Crippen molar-refractivity contribution in [2.75, 3.05) is 6.54 Å². The van der Waals surface area contributed by atoms with E-state index in [1.807, 2.05) is 60.7 Å². The molecule has 5 heteroatoms. The molecule has 0 aliphatic heterocycles. The molecule has 0 N–H and O–H groups in total. The minimum absolute atomic E-state index is 0.0347. The molecule has 0 aliphatic rings. The van der Waals surface area contributed by atoms with E-state index < -0.39 is 23.4 Å². The van der Waals surface area contributed by atoms with E-state index in [0.29, 0.717) is 0 Å². The van der Waals surface area contributed by atoms with Gasteiger partial charge >= 0.3 is 12.2 Å². The minimum atomic E-state index is -0.738. The van der Waals surface area contributed by atoms with Gasteiger partial charge in [-0.2, -0.15) is 0 Å². The molecule has 2 rings (SSSR count). The lowest BCUT2D eigenvalue weighted by Gasteiger charge is -2.28. The van der Waals surface area contributed by atoms with E-state index in [-0.39, 0.29) is 6.54 Å². The van der Waals surface area contributed by atoms with Crippen LogP contribution in [0, 0.1) is 0 Å². The standard InChI is InChI=1S/C25H31NO4/c1-24(2,3)29-22(27)26(23(28)30-25(4,5)6)18-12-16-20-15-10-11-17-21(20)19-13-8-7-9-14-19/h7-17H,18H2,1-6H3/b16-12+. The number of ether oxygens (including phenoxy) is 2. The van der Waals surface area contributed by atoms with Crippen molar-refractivity contribution in [2.45, 2.75) is 52.7 Å². The lowest BCUT2D eigenvalue weighted by molar-refractivity contribution is 0.00377. The van der Waals surface area contributed by atoms with Crippen LogP contribution in [0.1, 0.15) is 47.1 Å². The summed E-state index contributed by atoms with van der Waals surface area (Å²) in [5.74, 6) is 0. The topological polar surface area (TPSA) is 55.8 Å². The Morgan fingerprint density at radius 2 is 1.30 bits per heavy atom. The maximum atomic E-state index is 12.6. The summed E-state index contributed by atoms with van der Waals surface area (Å²) >= 11 is 0. The van der Waals surface area contributed by atoms with Crippen molar-refractivity contribution in [2.24, 2.45) is 0 Å². The van der Waals surface area contributed by atoms with Crippen LogP contribution in [0.3, 0.4) is 0 Å². The summed E-state index contributed by atoms with van der Waals surface area (Å²) in [7, 11) is 0. The molecule has 2 aromatic rings. The number of hydrogen-bond donors (Lipinski definition) is 0. The largest absolute Gasteiger partial charge is 0.443 e. The fourth-order valence-corrected chi connectivity index (χ4v) is 2.67. The van der Waals surface area contributed by atoms with Crippen molar-refractivity contribution in [3.05, 3.63) is 66.2 Å². The van der Waals surface area contributed by atoms with Gasteiger partial charge < -0.3 is 9.47 Å². The first-order valence-electron chi connectivity index (χ1n) is 10.0. The van der Waals surface area contributed by atoms with E-state index >= 15 is 0 Å². The molecule has 5 nitrogen and oxygen atoms in total. The summed E-state index contributed by atoms with van der Waals surface area (Å²) in [5.41, 5.74) is 1.70.